The molecule has 1 N–H and O–H groups in total. The van der Waals surface area contributed by atoms with Crippen molar-refractivity contribution >= 4 is 0 Å². The number of nitrogens with one attached hydrogen (secondary N) is 1. The molecule has 0 heterocycles. The maximum Gasteiger partial charge on any atom is 0.0296 e. The molecule has 14 heavy (non-hydrogen) atoms. The van der Waals surface area contributed by atoms with E-state index in [1.165, 1.54) is 17.5 Å². The summed E-state index contributed by atoms with van der Waals surface area (Å²) < 4.78 is 0. The lowest BCUT2D eigenvalue weighted by Gasteiger charge is -2.20. The molecule has 0 aliphatic heterocycles. The summed E-state index contributed by atoms with van der Waals surface area (Å²) >= 11 is 0. The monoisotopic (exact) mass is 191 g/mol. The lowest BCUT2D eigenvalue weighted by molar-refractivity contribution is 0.468. The van der Waals surface area contributed by atoms with Gasteiger partial charge in [0.25, 0.3) is 0 Å². The maximum absolute atomic E-state index is 3.59. The van der Waals surface area contributed by atoms with E-state index in [1.54, 1.807) is 0 Å². The molecule has 1 nitrogen and oxygen atoms in total. The summed E-state index contributed by atoms with van der Waals surface area (Å²) in [6, 6.07) is 9.61. The van der Waals surface area contributed by atoms with Gasteiger partial charge in [-0.3, -0.25) is 0 Å². The van der Waals surface area contributed by atoms with Crippen molar-refractivity contribution < 1.29 is 0 Å². The van der Waals surface area contributed by atoms with E-state index in [1.807, 2.05) is 0 Å². The van der Waals surface area contributed by atoms with Gasteiger partial charge in [0.1, 0.15) is 0 Å². The van der Waals surface area contributed by atoms with Crippen LogP contribution in [0.3, 0.4) is 0 Å². The Morgan fingerprint density at radius 2 is 1.86 bits per heavy atom. The Bertz CT molecular complexity index is 280. The van der Waals surface area contributed by atoms with Gasteiger partial charge < -0.3 is 5.32 Å². The molecular formula is C13H21N. The third kappa shape index (κ3) is 2.85. The van der Waals surface area contributed by atoms with Crippen molar-refractivity contribution in [1.82, 2.24) is 5.32 Å². The van der Waals surface area contributed by atoms with Gasteiger partial charge in [0.2, 0.25) is 0 Å². The van der Waals surface area contributed by atoms with Crippen molar-refractivity contribution in [3.8, 4) is 0 Å². The predicted molar refractivity (Wildman–Crippen MR) is 62.5 cm³/mol. The topological polar surface area (TPSA) is 12.0 Å². The minimum absolute atomic E-state index is 0.450. The second-order valence-corrected chi connectivity index (χ2v) is 4.05. The summed E-state index contributed by atoms with van der Waals surface area (Å²) in [6.07, 6.45) is 1.18. The first-order chi connectivity index (χ1) is 6.65. The minimum Gasteiger partial charge on any atom is -0.308 e. The van der Waals surface area contributed by atoms with Gasteiger partial charge in [-0.25, -0.2) is 0 Å². The second kappa shape index (κ2) is 5.16. The molecule has 1 heteroatoms. The number of rotatable bonds is 4. The molecule has 0 unspecified atom stereocenters. The van der Waals surface area contributed by atoms with Crippen molar-refractivity contribution in [2.24, 2.45) is 0 Å². The van der Waals surface area contributed by atoms with E-state index < -0.39 is 0 Å². The zero-order valence-electron chi connectivity index (χ0n) is 9.67. The fraction of sp³-hybridized carbons (Fsp3) is 0.538. The molecule has 0 fully saturated rings. The molecule has 78 valence electrons. The van der Waals surface area contributed by atoms with Crippen molar-refractivity contribution in [1.29, 1.82) is 0 Å². The average Bonchev–Trinajstić information content (AvgIpc) is 2.18. The quantitative estimate of drug-likeness (QED) is 0.768. The van der Waals surface area contributed by atoms with Crippen molar-refractivity contribution in [3.63, 3.8) is 0 Å². The predicted octanol–water partition coefficient (Wildman–Crippen LogP) is 3.44. The first kappa shape index (κ1) is 11.3. The van der Waals surface area contributed by atoms with Crippen LogP contribution in [0.5, 0.6) is 0 Å². The van der Waals surface area contributed by atoms with Crippen LogP contribution in [0.2, 0.25) is 0 Å². The Kier molecular flexibility index (Phi) is 4.15. The highest BCUT2D eigenvalue weighted by Crippen LogP contribution is 2.17. The molecule has 1 aromatic rings. The van der Waals surface area contributed by atoms with Crippen LogP contribution in [0, 0.1) is 6.92 Å². The van der Waals surface area contributed by atoms with E-state index in [9.17, 15) is 0 Å². The fourth-order valence-electron chi connectivity index (χ4n) is 1.71. The zero-order valence-corrected chi connectivity index (χ0v) is 9.67. The van der Waals surface area contributed by atoms with Crippen LogP contribution in [0.15, 0.2) is 24.3 Å². The Balaban J connectivity index is 2.69. The van der Waals surface area contributed by atoms with Gasteiger partial charge in [-0.2, -0.15) is 0 Å². The third-order valence-corrected chi connectivity index (χ3v) is 2.80. The maximum atomic E-state index is 3.59. The largest absolute Gasteiger partial charge is 0.308 e. The van der Waals surface area contributed by atoms with Gasteiger partial charge in [-0.15, -0.1) is 0 Å². The van der Waals surface area contributed by atoms with Crippen LogP contribution >= 0.6 is 0 Å². The lowest BCUT2D eigenvalue weighted by Crippen LogP contribution is -2.28. The normalized spacial score (nSPS) is 15.1. The summed E-state index contributed by atoms with van der Waals surface area (Å²) in [7, 11) is 0. The Labute approximate surface area is 87.5 Å². The molecule has 0 radical (unpaired) electrons. The van der Waals surface area contributed by atoms with E-state index in [2.05, 4.69) is 57.3 Å². The number of benzene rings is 1. The van der Waals surface area contributed by atoms with Crippen molar-refractivity contribution in [2.45, 2.75) is 46.2 Å². The average molecular weight is 191 g/mol. The summed E-state index contributed by atoms with van der Waals surface area (Å²) in [4.78, 5) is 0. The first-order valence-electron chi connectivity index (χ1n) is 5.46. The molecule has 0 saturated heterocycles. The number of aryl methyl sites for hydroxylation is 1. The van der Waals surface area contributed by atoms with Crippen LogP contribution < -0.4 is 5.32 Å². The Morgan fingerprint density at radius 1 is 1.21 bits per heavy atom. The molecule has 0 aliphatic rings. The molecule has 0 aliphatic carbocycles. The first-order valence-corrected chi connectivity index (χ1v) is 5.46. The zero-order chi connectivity index (χ0) is 10.6. The summed E-state index contributed by atoms with van der Waals surface area (Å²) in [5, 5.41) is 3.59. The summed E-state index contributed by atoms with van der Waals surface area (Å²) in [6.45, 7) is 8.84. The Morgan fingerprint density at radius 3 is 2.43 bits per heavy atom. The molecule has 1 aromatic carbocycles. The van der Waals surface area contributed by atoms with Crippen LogP contribution in [-0.2, 0) is 0 Å². The minimum atomic E-state index is 0.450. The third-order valence-electron chi connectivity index (χ3n) is 2.80. The van der Waals surface area contributed by atoms with Crippen LogP contribution in [-0.4, -0.2) is 6.04 Å². The second-order valence-electron chi connectivity index (χ2n) is 4.05. The van der Waals surface area contributed by atoms with Crippen molar-refractivity contribution in [3.05, 3.63) is 35.4 Å². The number of hydrogen-bond acceptors (Lipinski definition) is 1. The van der Waals surface area contributed by atoms with E-state index in [4.69, 9.17) is 0 Å². The molecule has 0 bridgehead atoms. The number of hydrogen-bond donors (Lipinski definition) is 1. The van der Waals surface area contributed by atoms with Gasteiger partial charge in [0.15, 0.2) is 0 Å². The van der Waals surface area contributed by atoms with E-state index in [0.717, 1.165) is 0 Å². The smallest absolute Gasteiger partial charge is 0.0296 e. The highest BCUT2D eigenvalue weighted by Gasteiger charge is 2.09. The molecular weight excluding hydrogens is 170 g/mol. The standard InChI is InChI=1S/C13H21N/c1-5-11(3)14-12(4)13-9-7-6-8-10(13)2/h6-9,11-12,14H,5H2,1-4H3/t11-,12+/m1/s1. The van der Waals surface area contributed by atoms with Crippen LogP contribution in [0.25, 0.3) is 0 Å². The van der Waals surface area contributed by atoms with Crippen molar-refractivity contribution in [2.75, 3.05) is 0 Å². The van der Waals surface area contributed by atoms with E-state index in [0.29, 0.717) is 12.1 Å². The highest BCUT2D eigenvalue weighted by molar-refractivity contribution is 5.28. The van der Waals surface area contributed by atoms with Gasteiger partial charge in [0.05, 0.1) is 0 Å². The van der Waals surface area contributed by atoms with Gasteiger partial charge in [-0.1, -0.05) is 31.2 Å². The fourth-order valence-corrected chi connectivity index (χ4v) is 1.71. The summed E-state index contributed by atoms with van der Waals surface area (Å²) in [5.74, 6) is 0. The molecule has 0 amide bonds. The Hall–Kier alpha value is -0.820. The van der Waals surface area contributed by atoms with Crippen LogP contribution in [0.4, 0.5) is 0 Å². The molecule has 2 atom stereocenters. The summed E-state index contributed by atoms with van der Waals surface area (Å²) in [5.41, 5.74) is 2.78. The molecule has 1 rings (SSSR count). The SMILES string of the molecule is CC[C@@H](C)N[C@@H](C)c1ccccc1C. The van der Waals surface area contributed by atoms with Gasteiger partial charge in [0, 0.05) is 12.1 Å². The van der Waals surface area contributed by atoms with Crippen LogP contribution in [0.1, 0.15) is 44.4 Å². The molecule has 0 aromatic heterocycles. The van der Waals surface area contributed by atoms with E-state index >= 15 is 0 Å². The molecule has 0 saturated carbocycles. The lowest BCUT2D eigenvalue weighted by atomic mass is 10.0. The molecule has 0 spiro atoms. The highest BCUT2D eigenvalue weighted by atomic mass is 14.9. The van der Waals surface area contributed by atoms with E-state index in [-0.39, 0.29) is 0 Å². The van der Waals surface area contributed by atoms with Gasteiger partial charge in [-0.05, 0) is 38.3 Å². The van der Waals surface area contributed by atoms with Gasteiger partial charge >= 0.3 is 0 Å².